The van der Waals surface area contributed by atoms with E-state index in [1.165, 1.54) is 23.3 Å². The molecule has 180 valence electrons. The summed E-state index contributed by atoms with van der Waals surface area (Å²) in [6.07, 6.45) is -2.77. The van der Waals surface area contributed by atoms with E-state index in [2.05, 4.69) is 9.88 Å². The van der Waals surface area contributed by atoms with Crippen LogP contribution in [0, 0.1) is 6.92 Å². The molecule has 1 aliphatic heterocycles. The molecule has 2 aromatic carbocycles. The molecule has 1 aliphatic rings. The van der Waals surface area contributed by atoms with E-state index in [9.17, 15) is 18.0 Å². The van der Waals surface area contributed by atoms with Gasteiger partial charge in [0, 0.05) is 18.7 Å². The summed E-state index contributed by atoms with van der Waals surface area (Å²) in [4.78, 5) is 17.4. The number of carboxylic acids is 1. The Kier molecular flexibility index (Phi) is 6.92. The number of carbonyl (C=O) groups is 1. The standard InChI is InChI=1S/C25H25F3N2O4/c1-16-22(34-24(29-16)18-2-5-20(6-3-18)25(26,27)28)15-30-11-8-17-4-7-21(14-19(17)9-12-30)33-13-10-23(31)32/h2-7,14H,8-13,15H2,1H3,(H,31,32). The predicted molar refractivity (Wildman–Crippen MR) is 119 cm³/mol. The second kappa shape index (κ2) is 9.89. The predicted octanol–water partition coefficient (Wildman–Crippen LogP) is 5.12. The molecule has 0 saturated heterocycles. The molecule has 4 rings (SSSR count). The molecule has 1 aromatic heterocycles. The molecule has 0 bridgehead atoms. The van der Waals surface area contributed by atoms with Crippen LogP contribution in [0.1, 0.15) is 34.6 Å². The minimum absolute atomic E-state index is 0.0458. The molecule has 0 amide bonds. The zero-order chi connectivity index (χ0) is 24.3. The molecule has 0 atom stereocenters. The van der Waals surface area contributed by atoms with Gasteiger partial charge in [-0.25, -0.2) is 4.98 Å². The summed E-state index contributed by atoms with van der Waals surface area (Å²) in [5, 5.41) is 8.76. The number of benzene rings is 2. The van der Waals surface area contributed by atoms with Gasteiger partial charge in [-0.3, -0.25) is 9.69 Å². The topological polar surface area (TPSA) is 75.8 Å². The van der Waals surface area contributed by atoms with Crippen LogP contribution in [0.25, 0.3) is 11.5 Å². The Balaban J connectivity index is 1.40. The van der Waals surface area contributed by atoms with Crippen LogP contribution in [0.2, 0.25) is 0 Å². The van der Waals surface area contributed by atoms with Gasteiger partial charge < -0.3 is 14.3 Å². The van der Waals surface area contributed by atoms with Gasteiger partial charge in [-0.2, -0.15) is 13.2 Å². The van der Waals surface area contributed by atoms with Gasteiger partial charge in [0.05, 0.1) is 30.8 Å². The van der Waals surface area contributed by atoms with E-state index in [1.807, 2.05) is 25.1 Å². The van der Waals surface area contributed by atoms with Crippen molar-refractivity contribution < 1.29 is 32.2 Å². The highest BCUT2D eigenvalue weighted by molar-refractivity contribution is 5.66. The Morgan fingerprint density at radius 2 is 1.82 bits per heavy atom. The van der Waals surface area contributed by atoms with Gasteiger partial charge in [0.15, 0.2) is 0 Å². The lowest BCUT2D eigenvalue weighted by Gasteiger charge is -2.18. The highest BCUT2D eigenvalue weighted by Crippen LogP contribution is 2.31. The van der Waals surface area contributed by atoms with Crippen molar-refractivity contribution in [3.8, 4) is 17.2 Å². The van der Waals surface area contributed by atoms with Crippen molar-refractivity contribution in [2.24, 2.45) is 0 Å². The Hall–Kier alpha value is -3.33. The molecule has 0 unspecified atom stereocenters. The first-order chi connectivity index (χ1) is 16.2. The van der Waals surface area contributed by atoms with E-state index in [4.69, 9.17) is 14.3 Å². The normalized spacial score (nSPS) is 14.5. The third-order valence-electron chi connectivity index (χ3n) is 5.88. The summed E-state index contributed by atoms with van der Waals surface area (Å²) in [5.41, 5.74) is 2.91. The Labute approximate surface area is 195 Å². The SMILES string of the molecule is Cc1nc(-c2ccc(C(F)(F)F)cc2)oc1CN1CCc2ccc(OCCC(=O)O)cc2CC1. The van der Waals surface area contributed by atoms with Crippen LogP contribution in [0.4, 0.5) is 13.2 Å². The molecule has 0 fully saturated rings. The number of aromatic nitrogens is 1. The smallest absolute Gasteiger partial charge is 0.416 e. The number of ether oxygens (including phenoxy) is 1. The van der Waals surface area contributed by atoms with Gasteiger partial charge in [0.25, 0.3) is 0 Å². The van der Waals surface area contributed by atoms with Gasteiger partial charge in [-0.1, -0.05) is 6.07 Å². The number of hydrogen-bond donors (Lipinski definition) is 1. The number of aliphatic carboxylic acids is 1. The van der Waals surface area contributed by atoms with Crippen LogP contribution in [0.3, 0.4) is 0 Å². The molecule has 0 saturated carbocycles. The highest BCUT2D eigenvalue weighted by atomic mass is 19.4. The maximum Gasteiger partial charge on any atom is 0.416 e. The lowest BCUT2D eigenvalue weighted by Crippen LogP contribution is -2.26. The number of aryl methyl sites for hydroxylation is 1. The Bertz CT molecular complexity index is 1160. The van der Waals surface area contributed by atoms with Crippen molar-refractivity contribution in [3.63, 3.8) is 0 Å². The fraction of sp³-hybridized carbons (Fsp3) is 0.360. The average molecular weight is 474 g/mol. The number of oxazole rings is 1. The fourth-order valence-electron chi connectivity index (χ4n) is 3.96. The first kappa shape index (κ1) is 23.8. The zero-order valence-corrected chi connectivity index (χ0v) is 18.7. The minimum atomic E-state index is -4.38. The van der Waals surface area contributed by atoms with Crippen LogP contribution in [-0.4, -0.2) is 40.7 Å². The summed E-state index contributed by atoms with van der Waals surface area (Å²) in [6, 6.07) is 10.7. The van der Waals surface area contributed by atoms with Crippen molar-refractivity contribution in [2.75, 3.05) is 19.7 Å². The van der Waals surface area contributed by atoms with Gasteiger partial charge in [-0.15, -0.1) is 0 Å². The number of hydrogen-bond acceptors (Lipinski definition) is 5. The second-order valence-electron chi connectivity index (χ2n) is 8.30. The minimum Gasteiger partial charge on any atom is -0.493 e. The quantitative estimate of drug-likeness (QED) is 0.512. The van der Waals surface area contributed by atoms with Crippen LogP contribution < -0.4 is 4.74 Å². The van der Waals surface area contributed by atoms with Crippen molar-refractivity contribution in [1.29, 1.82) is 0 Å². The van der Waals surface area contributed by atoms with Crippen LogP contribution in [0.5, 0.6) is 5.75 Å². The molecule has 0 spiro atoms. The third-order valence-corrected chi connectivity index (χ3v) is 5.88. The molecule has 3 aromatic rings. The van der Waals surface area contributed by atoms with E-state index >= 15 is 0 Å². The number of rotatable bonds is 7. The van der Waals surface area contributed by atoms with E-state index < -0.39 is 17.7 Å². The monoisotopic (exact) mass is 474 g/mol. The summed E-state index contributed by atoms with van der Waals surface area (Å²) in [6.45, 7) is 4.13. The Morgan fingerprint density at radius 3 is 2.50 bits per heavy atom. The van der Waals surface area contributed by atoms with Gasteiger partial charge in [-0.05, 0) is 67.3 Å². The van der Waals surface area contributed by atoms with Crippen molar-refractivity contribution >= 4 is 5.97 Å². The van der Waals surface area contributed by atoms with Crippen molar-refractivity contribution in [2.45, 2.75) is 38.9 Å². The summed E-state index contributed by atoms with van der Waals surface area (Å²) < 4.78 is 49.9. The maximum absolute atomic E-state index is 12.8. The second-order valence-corrected chi connectivity index (χ2v) is 8.30. The van der Waals surface area contributed by atoms with Crippen molar-refractivity contribution in [3.05, 3.63) is 70.6 Å². The van der Waals surface area contributed by atoms with E-state index in [1.54, 1.807) is 0 Å². The molecule has 0 radical (unpaired) electrons. The fourth-order valence-corrected chi connectivity index (χ4v) is 3.96. The molecule has 1 N–H and O–H groups in total. The molecule has 0 aliphatic carbocycles. The van der Waals surface area contributed by atoms with E-state index in [0.717, 1.165) is 38.1 Å². The molecule has 6 nitrogen and oxygen atoms in total. The van der Waals surface area contributed by atoms with Gasteiger partial charge in [0.2, 0.25) is 5.89 Å². The Morgan fingerprint density at radius 1 is 1.12 bits per heavy atom. The lowest BCUT2D eigenvalue weighted by molar-refractivity contribution is -0.138. The number of alkyl halides is 3. The first-order valence-electron chi connectivity index (χ1n) is 11.0. The summed E-state index contributed by atoms with van der Waals surface area (Å²) >= 11 is 0. The average Bonchev–Trinajstić information content (AvgIpc) is 3.03. The van der Waals surface area contributed by atoms with Crippen molar-refractivity contribution in [1.82, 2.24) is 9.88 Å². The summed E-state index contributed by atoms with van der Waals surface area (Å²) in [5.74, 6) is 0.774. The van der Waals surface area contributed by atoms with Crippen LogP contribution in [-0.2, 0) is 30.4 Å². The molecule has 2 heterocycles. The number of carboxylic acid groups (broad SMARTS) is 1. The number of nitrogens with zero attached hydrogens (tertiary/aromatic N) is 2. The largest absolute Gasteiger partial charge is 0.493 e. The number of fused-ring (bicyclic) bond motifs is 1. The maximum atomic E-state index is 12.8. The lowest BCUT2D eigenvalue weighted by atomic mass is 10.0. The first-order valence-corrected chi connectivity index (χ1v) is 11.0. The molecule has 34 heavy (non-hydrogen) atoms. The van der Waals surface area contributed by atoms with Crippen LogP contribution in [0.15, 0.2) is 46.9 Å². The van der Waals surface area contributed by atoms with Gasteiger partial charge in [0.1, 0.15) is 11.5 Å². The van der Waals surface area contributed by atoms with Gasteiger partial charge >= 0.3 is 12.1 Å². The molecule has 9 heteroatoms. The van der Waals surface area contributed by atoms with E-state index in [-0.39, 0.29) is 13.0 Å². The van der Waals surface area contributed by atoms with Crippen LogP contribution >= 0.6 is 0 Å². The van der Waals surface area contributed by atoms with E-state index in [0.29, 0.717) is 35.2 Å². The zero-order valence-electron chi connectivity index (χ0n) is 18.7. The molecular weight excluding hydrogens is 449 g/mol. The molecular formula is C25H25F3N2O4. The number of halogens is 3. The highest BCUT2D eigenvalue weighted by Gasteiger charge is 2.30. The third kappa shape index (κ3) is 5.77. The summed E-state index contributed by atoms with van der Waals surface area (Å²) in [7, 11) is 0.